The molecular weight excluding hydrogens is 326 g/mol. The van der Waals surface area contributed by atoms with Crippen molar-refractivity contribution in [2.24, 2.45) is 0 Å². The number of aliphatic hydroxyl groups is 1. The minimum absolute atomic E-state index is 0.140. The molecule has 1 fully saturated rings. The van der Waals surface area contributed by atoms with Crippen LogP contribution in [0.3, 0.4) is 0 Å². The summed E-state index contributed by atoms with van der Waals surface area (Å²) in [6, 6.07) is 7.42. The highest BCUT2D eigenvalue weighted by Gasteiger charge is 2.30. The molecule has 2 N–H and O–H groups in total. The molecule has 4 rings (SSSR count). The van der Waals surface area contributed by atoms with Crippen molar-refractivity contribution in [2.45, 2.75) is 50.6 Å². The van der Waals surface area contributed by atoms with Crippen molar-refractivity contribution in [3.05, 3.63) is 30.0 Å². The highest BCUT2D eigenvalue weighted by atomic mass is 16.3. The third kappa shape index (κ3) is 3.14. The van der Waals surface area contributed by atoms with Crippen LogP contribution in [0.4, 0.5) is 5.69 Å². The summed E-state index contributed by atoms with van der Waals surface area (Å²) in [6.45, 7) is 2.29. The first-order chi connectivity index (χ1) is 12.7. The fraction of sp³-hybridized carbons (Fsp3) is 0.571. The topological polar surface area (TPSA) is 59.8 Å². The van der Waals surface area contributed by atoms with E-state index >= 15 is 0 Å². The first kappa shape index (κ1) is 17.6. The van der Waals surface area contributed by atoms with Gasteiger partial charge < -0.3 is 20.0 Å². The maximum atomic E-state index is 10.2. The smallest absolute Gasteiger partial charge is 0.218 e. The second kappa shape index (κ2) is 7.41. The molecule has 140 valence electrons. The number of aromatic hydroxyl groups is 1. The van der Waals surface area contributed by atoms with Gasteiger partial charge >= 0.3 is 0 Å². The van der Waals surface area contributed by atoms with Gasteiger partial charge in [-0.05, 0) is 63.3 Å². The summed E-state index contributed by atoms with van der Waals surface area (Å²) >= 11 is 0. The molecule has 2 aromatic rings. The lowest BCUT2D eigenvalue weighted by Gasteiger charge is -2.42. The lowest BCUT2D eigenvalue weighted by molar-refractivity contribution is 0.165. The number of anilines is 1. The molecule has 5 heteroatoms. The van der Waals surface area contributed by atoms with Crippen molar-refractivity contribution in [2.75, 3.05) is 31.6 Å². The predicted octanol–water partition coefficient (Wildman–Crippen LogP) is 2.93. The molecule has 0 radical (unpaired) electrons. The van der Waals surface area contributed by atoms with E-state index in [-0.39, 0.29) is 12.5 Å². The highest BCUT2D eigenvalue weighted by molar-refractivity contribution is 6.00. The number of pyridine rings is 1. The van der Waals surface area contributed by atoms with Crippen molar-refractivity contribution < 1.29 is 10.2 Å². The van der Waals surface area contributed by atoms with E-state index < -0.39 is 0 Å². The van der Waals surface area contributed by atoms with Gasteiger partial charge in [-0.25, -0.2) is 4.98 Å². The molecule has 1 aromatic heterocycles. The predicted molar refractivity (Wildman–Crippen MR) is 105 cm³/mol. The zero-order chi connectivity index (χ0) is 18.1. The molecule has 1 aliphatic heterocycles. The Labute approximate surface area is 155 Å². The van der Waals surface area contributed by atoms with E-state index in [1.807, 2.05) is 18.3 Å². The summed E-state index contributed by atoms with van der Waals surface area (Å²) in [5.74, 6) is 0.140. The van der Waals surface area contributed by atoms with Crippen molar-refractivity contribution in [1.82, 2.24) is 9.88 Å². The van der Waals surface area contributed by atoms with Gasteiger partial charge in [0.1, 0.15) is 0 Å². The summed E-state index contributed by atoms with van der Waals surface area (Å²) < 4.78 is 0. The van der Waals surface area contributed by atoms with E-state index in [0.29, 0.717) is 12.1 Å². The Morgan fingerprint density at radius 3 is 2.81 bits per heavy atom. The molecule has 1 aliphatic carbocycles. The normalized spacial score (nSPS) is 23.0. The average molecular weight is 355 g/mol. The maximum Gasteiger partial charge on any atom is 0.218 e. The fourth-order valence-electron chi connectivity index (χ4n) is 4.82. The van der Waals surface area contributed by atoms with Crippen LogP contribution in [0.25, 0.3) is 10.8 Å². The maximum absolute atomic E-state index is 10.2. The van der Waals surface area contributed by atoms with E-state index in [2.05, 4.69) is 27.9 Å². The Morgan fingerprint density at radius 2 is 2.04 bits per heavy atom. The Hall–Kier alpha value is -1.85. The molecule has 0 saturated heterocycles. The number of hydrogen-bond acceptors (Lipinski definition) is 5. The van der Waals surface area contributed by atoms with E-state index in [0.717, 1.165) is 31.3 Å². The second-order valence-electron chi connectivity index (χ2n) is 7.77. The van der Waals surface area contributed by atoms with Crippen LogP contribution in [-0.4, -0.2) is 58.9 Å². The standard InChI is InChI=1S/C21H29N3O2/c1-23(11-3-13-25)16-6-8-17(9-7-16)24-12-10-15-14-22-21(26)18-4-2-5-19(24)20(15)18/h2,4-5,14,16-17,25H,3,6-13H2,1H3,(H,22,26). The molecule has 0 bridgehead atoms. The minimum Gasteiger partial charge on any atom is -0.493 e. The van der Waals surface area contributed by atoms with Crippen molar-refractivity contribution in [3.8, 4) is 5.88 Å². The van der Waals surface area contributed by atoms with Gasteiger partial charge in [0, 0.05) is 54.4 Å². The molecule has 5 nitrogen and oxygen atoms in total. The monoisotopic (exact) mass is 355 g/mol. The van der Waals surface area contributed by atoms with Crippen molar-refractivity contribution in [1.29, 1.82) is 0 Å². The van der Waals surface area contributed by atoms with Gasteiger partial charge in [0.2, 0.25) is 5.88 Å². The molecule has 0 amide bonds. The largest absolute Gasteiger partial charge is 0.493 e. The van der Waals surface area contributed by atoms with E-state index in [4.69, 9.17) is 5.11 Å². The van der Waals surface area contributed by atoms with Gasteiger partial charge in [-0.1, -0.05) is 6.07 Å². The Bertz CT molecular complexity index is 771. The summed E-state index contributed by atoms with van der Waals surface area (Å²) in [6.07, 6.45) is 8.54. The number of benzene rings is 1. The molecule has 0 atom stereocenters. The van der Waals surface area contributed by atoms with Crippen LogP contribution in [0.15, 0.2) is 24.4 Å². The lowest BCUT2D eigenvalue weighted by atomic mass is 9.87. The second-order valence-corrected chi connectivity index (χ2v) is 7.77. The fourth-order valence-corrected chi connectivity index (χ4v) is 4.82. The third-order valence-corrected chi connectivity index (χ3v) is 6.28. The molecule has 2 aliphatic rings. The molecule has 0 spiro atoms. The molecule has 26 heavy (non-hydrogen) atoms. The Balaban J connectivity index is 1.52. The molecule has 1 saturated carbocycles. The number of rotatable bonds is 5. The highest BCUT2D eigenvalue weighted by Crippen LogP contribution is 2.40. The average Bonchev–Trinajstić information content (AvgIpc) is 2.69. The summed E-state index contributed by atoms with van der Waals surface area (Å²) in [5, 5.41) is 21.3. The van der Waals surface area contributed by atoms with Crippen molar-refractivity contribution >= 4 is 16.5 Å². The first-order valence-corrected chi connectivity index (χ1v) is 9.86. The SMILES string of the molecule is CN(CCCO)C1CCC(N2CCc3cnc(O)c4cccc2c34)CC1. The number of nitrogens with zero attached hydrogens (tertiary/aromatic N) is 3. The summed E-state index contributed by atoms with van der Waals surface area (Å²) in [7, 11) is 2.19. The minimum atomic E-state index is 0.140. The van der Waals surface area contributed by atoms with Gasteiger partial charge in [-0.15, -0.1) is 0 Å². The molecule has 1 aromatic carbocycles. The van der Waals surface area contributed by atoms with Crippen LogP contribution in [0.5, 0.6) is 5.88 Å². The number of aliphatic hydroxyl groups excluding tert-OH is 1. The van der Waals surface area contributed by atoms with Crippen LogP contribution in [0.1, 0.15) is 37.7 Å². The summed E-state index contributed by atoms with van der Waals surface area (Å²) in [4.78, 5) is 9.15. The van der Waals surface area contributed by atoms with Crippen LogP contribution >= 0.6 is 0 Å². The van der Waals surface area contributed by atoms with E-state index in [9.17, 15) is 5.11 Å². The van der Waals surface area contributed by atoms with E-state index in [1.54, 1.807) is 0 Å². The van der Waals surface area contributed by atoms with Gasteiger partial charge in [-0.3, -0.25) is 0 Å². The molecular formula is C21H29N3O2. The Morgan fingerprint density at radius 1 is 1.23 bits per heavy atom. The van der Waals surface area contributed by atoms with Gasteiger partial charge in [0.15, 0.2) is 0 Å². The Kier molecular flexibility index (Phi) is 5.00. The van der Waals surface area contributed by atoms with Crippen LogP contribution in [0.2, 0.25) is 0 Å². The van der Waals surface area contributed by atoms with Crippen LogP contribution in [-0.2, 0) is 6.42 Å². The van der Waals surface area contributed by atoms with Gasteiger partial charge in [0.25, 0.3) is 0 Å². The number of hydrogen-bond donors (Lipinski definition) is 2. The first-order valence-electron chi connectivity index (χ1n) is 9.86. The summed E-state index contributed by atoms with van der Waals surface area (Å²) in [5.41, 5.74) is 2.51. The lowest BCUT2D eigenvalue weighted by Crippen LogP contribution is -2.45. The molecule has 2 heterocycles. The van der Waals surface area contributed by atoms with Gasteiger partial charge in [0.05, 0.1) is 0 Å². The zero-order valence-corrected chi connectivity index (χ0v) is 15.6. The quantitative estimate of drug-likeness (QED) is 0.864. The van der Waals surface area contributed by atoms with Gasteiger partial charge in [-0.2, -0.15) is 0 Å². The zero-order valence-electron chi connectivity index (χ0n) is 15.6. The third-order valence-electron chi connectivity index (χ3n) is 6.28. The number of aromatic nitrogens is 1. The molecule has 0 unspecified atom stereocenters. The van der Waals surface area contributed by atoms with Crippen molar-refractivity contribution in [3.63, 3.8) is 0 Å². The van der Waals surface area contributed by atoms with Crippen LogP contribution in [0, 0.1) is 0 Å². The van der Waals surface area contributed by atoms with Crippen LogP contribution < -0.4 is 4.90 Å². The van der Waals surface area contributed by atoms with E-state index in [1.165, 1.54) is 42.3 Å².